The number of methoxy groups -OCH3 is 1. The second kappa shape index (κ2) is 7.63. The molecule has 106 valence electrons. The summed E-state index contributed by atoms with van der Waals surface area (Å²) >= 11 is 0. The number of amides is 2. The third-order valence-corrected chi connectivity index (χ3v) is 2.91. The molecule has 5 nitrogen and oxygen atoms in total. The molecule has 0 aliphatic rings. The first kappa shape index (κ1) is 15.3. The van der Waals surface area contributed by atoms with Crippen molar-refractivity contribution in [1.82, 2.24) is 10.6 Å². The number of hydrogen-bond donors (Lipinski definition) is 2. The number of rotatable bonds is 6. The van der Waals surface area contributed by atoms with Crippen LogP contribution in [-0.2, 0) is 4.74 Å². The molecule has 0 atom stereocenters. The Bertz CT molecular complexity index is 433. The fourth-order valence-electron chi connectivity index (χ4n) is 1.65. The van der Waals surface area contributed by atoms with E-state index in [9.17, 15) is 4.79 Å². The van der Waals surface area contributed by atoms with Crippen LogP contribution in [0.15, 0.2) is 12.1 Å². The van der Waals surface area contributed by atoms with Crippen LogP contribution in [0.1, 0.15) is 16.7 Å². The van der Waals surface area contributed by atoms with Gasteiger partial charge >= 0.3 is 6.03 Å². The molecule has 0 bridgehead atoms. The van der Waals surface area contributed by atoms with Crippen LogP contribution in [0.5, 0.6) is 5.75 Å². The van der Waals surface area contributed by atoms with Gasteiger partial charge in [-0.3, -0.25) is 0 Å². The van der Waals surface area contributed by atoms with E-state index in [-0.39, 0.29) is 12.8 Å². The van der Waals surface area contributed by atoms with Crippen molar-refractivity contribution in [2.75, 3.05) is 27.0 Å². The van der Waals surface area contributed by atoms with Crippen molar-refractivity contribution in [3.05, 3.63) is 28.8 Å². The van der Waals surface area contributed by atoms with Crippen molar-refractivity contribution in [1.29, 1.82) is 0 Å². The van der Waals surface area contributed by atoms with Crippen LogP contribution in [0.3, 0.4) is 0 Å². The molecule has 0 fully saturated rings. The Morgan fingerprint density at radius 1 is 1.16 bits per heavy atom. The van der Waals surface area contributed by atoms with Crippen LogP contribution in [0.4, 0.5) is 4.79 Å². The van der Waals surface area contributed by atoms with Gasteiger partial charge in [-0.15, -0.1) is 0 Å². The average Bonchev–Trinajstić information content (AvgIpc) is 2.38. The van der Waals surface area contributed by atoms with Gasteiger partial charge in [-0.1, -0.05) is 12.1 Å². The Labute approximate surface area is 114 Å². The molecule has 1 rings (SSSR count). The highest BCUT2D eigenvalue weighted by molar-refractivity contribution is 5.73. The lowest BCUT2D eigenvalue weighted by Gasteiger charge is -2.14. The Morgan fingerprint density at radius 3 is 2.53 bits per heavy atom. The lowest BCUT2D eigenvalue weighted by atomic mass is 10.1. The minimum atomic E-state index is -0.264. The maximum absolute atomic E-state index is 11.4. The average molecular weight is 266 g/mol. The number of nitrogens with one attached hydrogen (secondary N) is 2. The second-order valence-corrected chi connectivity index (χ2v) is 4.37. The summed E-state index contributed by atoms with van der Waals surface area (Å²) in [6.45, 7) is 7.14. The van der Waals surface area contributed by atoms with Gasteiger partial charge in [0.25, 0.3) is 0 Å². The van der Waals surface area contributed by atoms with Crippen molar-refractivity contribution < 1.29 is 14.3 Å². The summed E-state index contributed by atoms with van der Waals surface area (Å²) in [5, 5.41) is 5.29. The Morgan fingerprint density at radius 2 is 1.84 bits per heavy atom. The summed E-state index contributed by atoms with van der Waals surface area (Å²) < 4.78 is 10.5. The molecule has 2 amide bonds. The van der Waals surface area contributed by atoms with Crippen LogP contribution < -0.4 is 15.4 Å². The van der Waals surface area contributed by atoms with Crippen LogP contribution in [0.25, 0.3) is 0 Å². The third-order valence-electron chi connectivity index (χ3n) is 2.91. The number of carbonyl (C=O) groups is 1. The van der Waals surface area contributed by atoms with Crippen molar-refractivity contribution in [3.63, 3.8) is 0 Å². The van der Waals surface area contributed by atoms with E-state index in [1.807, 2.05) is 26.8 Å². The van der Waals surface area contributed by atoms with Crippen LogP contribution >= 0.6 is 0 Å². The van der Waals surface area contributed by atoms with E-state index in [0.717, 1.165) is 16.9 Å². The highest BCUT2D eigenvalue weighted by Crippen LogP contribution is 2.25. The lowest BCUT2D eigenvalue weighted by molar-refractivity contribution is 0.192. The Hall–Kier alpha value is -1.75. The zero-order valence-corrected chi connectivity index (χ0v) is 12.0. The Balaban J connectivity index is 2.41. The van der Waals surface area contributed by atoms with E-state index in [0.29, 0.717) is 13.2 Å². The fourth-order valence-corrected chi connectivity index (χ4v) is 1.65. The van der Waals surface area contributed by atoms with Gasteiger partial charge in [-0.2, -0.15) is 0 Å². The molecule has 0 aliphatic heterocycles. The number of benzene rings is 1. The molecule has 1 aromatic rings. The van der Waals surface area contributed by atoms with E-state index in [4.69, 9.17) is 9.47 Å². The quantitative estimate of drug-likeness (QED) is 0.610. The largest absolute Gasteiger partial charge is 0.473 e. The molecule has 0 saturated carbocycles. The zero-order chi connectivity index (χ0) is 14.3. The molecule has 0 saturated heterocycles. The number of urea groups is 1. The number of hydrogen-bond acceptors (Lipinski definition) is 3. The predicted molar refractivity (Wildman–Crippen MR) is 74.6 cm³/mol. The first-order chi connectivity index (χ1) is 9.06. The van der Waals surface area contributed by atoms with Crippen LogP contribution in [0, 0.1) is 20.8 Å². The van der Waals surface area contributed by atoms with Gasteiger partial charge in [0.05, 0.1) is 6.61 Å². The minimum absolute atomic E-state index is 0.143. The molecular formula is C14H22N2O3. The molecule has 0 aromatic heterocycles. The molecule has 0 aliphatic carbocycles. The van der Waals surface area contributed by atoms with Crippen molar-refractivity contribution >= 4 is 6.03 Å². The monoisotopic (exact) mass is 266 g/mol. The van der Waals surface area contributed by atoms with Gasteiger partial charge in [-0.05, 0) is 37.5 Å². The third kappa shape index (κ3) is 4.79. The molecule has 2 N–H and O–H groups in total. The molecule has 0 heterocycles. The first-order valence-electron chi connectivity index (χ1n) is 6.26. The van der Waals surface area contributed by atoms with E-state index in [2.05, 4.69) is 16.7 Å². The SMILES string of the molecule is COCCNC(=O)NCOc1c(C)ccc(C)c1C. The van der Waals surface area contributed by atoms with Crippen LogP contribution in [0.2, 0.25) is 0 Å². The first-order valence-corrected chi connectivity index (χ1v) is 6.26. The van der Waals surface area contributed by atoms with E-state index in [1.54, 1.807) is 7.11 Å². The normalized spacial score (nSPS) is 10.1. The Kier molecular flexibility index (Phi) is 6.15. The van der Waals surface area contributed by atoms with Crippen molar-refractivity contribution in [3.8, 4) is 5.75 Å². The number of aryl methyl sites for hydroxylation is 2. The molecule has 5 heteroatoms. The fraction of sp³-hybridized carbons (Fsp3) is 0.500. The minimum Gasteiger partial charge on any atom is -0.473 e. The number of carbonyl (C=O) groups excluding carboxylic acids is 1. The van der Waals surface area contributed by atoms with Gasteiger partial charge in [0.15, 0.2) is 6.73 Å². The summed E-state index contributed by atoms with van der Waals surface area (Å²) in [4.78, 5) is 11.4. The van der Waals surface area contributed by atoms with Gasteiger partial charge < -0.3 is 20.1 Å². The molecular weight excluding hydrogens is 244 g/mol. The van der Waals surface area contributed by atoms with Gasteiger partial charge in [-0.25, -0.2) is 4.79 Å². The van der Waals surface area contributed by atoms with Gasteiger partial charge in [0, 0.05) is 13.7 Å². The number of ether oxygens (including phenoxy) is 2. The summed E-state index contributed by atoms with van der Waals surface area (Å²) in [7, 11) is 1.59. The molecule has 0 radical (unpaired) electrons. The summed E-state index contributed by atoms with van der Waals surface area (Å²) in [5.41, 5.74) is 3.33. The summed E-state index contributed by atoms with van der Waals surface area (Å²) in [6, 6.07) is 3.80. The second-order valence-electron chi connectivity index (χ2n) is 4.37. The summed E-state index contributed by atoms with van der Waals surface area (Å²) in [6.07, 6.45) is 0. The summed E-state index contributed by atoms with van der Waals surface area (Å²) in [5.74, 6) is 0.831. The predicted octanol–water partition coefficient (Wildman–Crippen LogP) is 1.89. The van der Waals surface area contributed by atoms with Crippen molar-refractivity contribution in [2.45, 2.75) is 20.8 Å². The van der Waals surface area contributed by atoms with Crippen LogP contribution in [-0.4, -0.2) is 33.0 Å². The van der Waals surface area contributed by atoms with Gasteiger partial charge in [0.2, 0.25) is 0 Å². The topological polar surface area (TPSA) is 59.6 Å². The standard InChI is InChI=1S/C14H22N2O3/c1-10-5-6-11(2)13(12(10)3)19-9-16-14(17)15-7-8-18-4/h5-6H,7-9H2,1-4H3,(H2,15,16,17). The zero-order valence-electron chi connectivity index (χ0n) is 12.0. The maximum atomic E-state index is 11.4. The maximum Gasteiger partial charge on any atom is 0.317 e. The van der Waals surface area contributed by atoms with E-state index >= 15 is 0 Å². The highest BCUT2D eigenvalue weighted by atomic mass is 16.5. The molecule has 19 heavy (non-hydrogen) atoms. The van der Waals surface area contributed by atoms with Gasteiger partial charge in [0.1, 0.15) is 5.75 Å². The molecule has 0 spiro atoms. The smallest absolute Gasteiger partial charge is 0.317 e. The van der Waals surface area contributed by atoms with E-state index in [1.165, 1.54) is 5.56 Å². The molecule has 1 aromatic carbocycles. The molecule has 0 unspecified atom stereocenters. The van der Waals surface area contributed by atoms with E-state index < -0.39 is 0 Å². The lowest BCUT2D eigenvalue weighted by Crippen LogP contribution is -2.39. The van der Waals surface area contributed by atoms with Crippen molar-refractivity contribution in [2.24, 2.45) is 0 Å². The highest BCUT2D eigenvalue weighted by Gasteiger charge is 2.06.